The van der Waals surface area contributed by atoms with E-state index in [1.165, 1.54) is 52.6 Å². The zero-order valence-electron chi connectivity index (χ0n) is 55.9. The van der Waals surface area contributed by atoms with E-state index in [2.05, 4.69) is 64.9 Å². The summed E-state index contributed by atoms with van der Waals surface area (Å²) in [6.45, 7) is 0.724. The molecular formula is C54H80N20O28P4. The second kappa shape index (κ2) is 33.9. The van der Waals surface area contributed by atoms with Crippen LogP contribution in [0.4, 0.5) is 23.3 Å². The minimum absolute atomic E-state index is 0.0422. The molecule has 21 N–H and O–H groups in total. The Balaban J connectivity index is 0.000000212. The van der Waals surface area contributed by atoms with Crippen molar-refractivity contribution in [1.29, 1.82) is 0 Å². The number of carbonyl (C=O) groups is 2. The number of nitrogen functional groups attached to an aromatic ring is 4. The van der Waals surface area contributed by atoms with Crippen LogP contribution in [0.2, 0.25) is 0 Å². The molecule has 6 aliphatic heterocycles. The lowest BCUT2D eigenvalue weighted by molar-refractivity contribution is -0.161. The Morgan fingerprint density at radius 2 is 1.07 bits per heavy atom. The van der Waals surface area contributed by atoms with E-state index in [1.807, 2.05) is 0 Å². The molecule has 0 aromatic carbocycles. The van der Waals surface area contributed by atoms with Gasteiger partial charge < -0.3 is 113 Å². The summed E-state index contributed by atoms with van der Waals surface area (Å²) in [5.74, 6) is -2.14. The molecule has 0 radical (unpaired) electrons. The number of fused-ring (bicyclic) bond motifs is 2. The number of phosphoric acid groups is 4. The summed E-state index contributed by atoms with van der Waals surface area (Å²) in [5.41, 5.74) is 28.1. The molecule has 6 aliphatic rings. The van der Waals surface area contributed by atoms with E-state index in [0.717, 1.165) is 41.3 Å². The van der Waals surface area contributed by atoms with Crippen molar-refractivity contribution in [3.8, 4) is 0 Å². The molecule has 0 bridgehead atoms. The van der Waals surface area contributed by atoms with Gasteiger partial charge in [0, 0.05) is 50.5 Å². The van der Waals surface area contributed by atoms with Gasteiger partial charge in [0.1, 0.15) is 103 Å². The molecule has 12 rings (SSSR count). The van der Waals surface area contributed by atoms with E-state index in [0.29, 0.717) is 26.1 Å². The average molecular weight is 1580 g/mol. The van der Waals surface area contributed by atoms with Crippen molar-refractivity contribution >= 4 is 88.8 Å². The van der Waals surface area contributed by atoms with Gasteiger partial charge in [-0.2, -0.15) is 9.97 Å². The van der Waals surface area contributed by atoms with E-state index in [9.17, 15) is 77.0 Å². The number of aliphatic hydroxyl groups is 2. The van der Waals surface area contributed by atoms with E-state index >= 15 is 0 Å². The molecule has 6 aromatic rings. The lowest BCUT2D eigenvalue weighted by Gasteiger charge is -2.24. The maximum atomic E-state index is 13.4. The first kappa shape index (κ1) is 80.1. The Bertz CT molecular complexity index is 4120. The number of nitrogens with one attached hydrogen (secondary N) is 3. The fourth-order valence-corrected chi connectivity index (χ4v) is 15.1. The number of nitrogens with zero attached hydrogens (tertiary/aromatic N) is 12. The first-order chi connectivity index (χ1) is 50.2. The van der Waals surface area contributed by atoms with E-state index < -0.39 is 179 Å². The van der Waals surface area contributed by atoms with Crippen molar-refractivity contribution in [3.63, 3.8) is 0 Å². The van der Waals surface area contributed by atoms with Crippen molar-refractivity contribution in [2.75, 3.05) is 69.1 Å². The van der Waals surface area contributed by atoms with E-state index in [-0.39, 0.29) is 76.9 Å². The predicted molar refractivity (Wildman–Crippen MR) is 356 cm³/mol. The zero-order valence-corrected chi connectivity index (χ0v) is 59.5. The number of carbonyl (C=O) groups excluding carboxylic acids is 2. The van der Waals surface area contributed by atoms with Crippen molar-refractivity contribution in [3.05, 3.63) is 70.8 Å². The quantitative estimate of drug-likeness (QED) is 0.0153. The van der Waals surface area contributed by atoms with Gasteiger partial charge in [0.25, 0.3) is 0 Å². The van der Waals surface area contributed by atoms with Gasteiger partial charge in [-0.25, -0.2) is 57.8 Å². The highest BCUT2D eigenvalue weighted by molar-refractivity contribution is 7.47. The zero-order chi connectivity index (χ0) is 76.2. The van der Waals surface area contributed by atoms with Gasteiger partial charge in [0.05, 0.1) is 45.0 Å². The number of imidazole rings is 2. The number of hydrogen-bond donors (Lipinski definition) is 16. The first-order valence-electron chi connectivity index (χ1n) is 32.8. The number of hydrogen-bond acceptors (Lipinski definition) is 38. The number of aromatic nitrogens is 12. The van der Waals surface area contributed by atoms with Gasteiger partial charge >= 0.3 is 54.6 Å². The second-order valence-corrected chi connectivity index (χ2v) is 30.6. The van der Waals surface area contributed by atoms with Crippen LogP contribution in [-0.2, 0) is 83.4 Å². The number of aliphatic hydroxyl groups excluding tert-OH is 2. The number of anilines is 4. The van der Waals surface area contributed by atoms with Gasteiger partial charge in [0.15, 0.2) is 47.6 Å². The lowest BCUT2D eigenvalue weighted by atomic mass is 10.0. The highest BCUT2D eigenvalue weighted by Crippen LogP contribution is 2.52. The summed E-state index contributed by atoms with van der Waals surface area (Å²) in [6.07, 6.45) is -8.54. The van der Waals surface area contributed by atoms with Crippen molar-refractivity contribution in [2.24, 2.45) is 11.7 Å². The standard InChI is InChI=1S/C28H41N9O14P2.C26H39N11O14P2/c1-14(4-5-15-3-2-7-31-15)27(39)50-23-18(49-26(22(23)38)37-13-34-21-24(30)32-12-33-25(21)37)11-47-53(44,45)51-16-9-20(36-8-6-19(29)35-28(36)40)48-17(16)10-46-52(41,42)43;27-13(2-1-12-6-30-9-31-12)25(39)50-21-16(49-24(20(21)38)37-11-34-19-22(29)32-10-33-23(19)37)8-47-53(44,45)51-14-5-18(36-4-3-17(28)35-26(36)40)48-15(14)7-46-52(41,42)43/h6,8,12-18,20,22-23,26,31,38H,2-5,7,9-11H2,1H3,(H,44,45)(H2,29,35,40)(H2,30,32,33)(H2,41,42,43);3-4,10-16,18,20-21,24,30-31,38H,1-2,5-9,27H2,(H,44,45)(H2,28,35,40)(H2,29,32,33)(H2,41,42,43)/t14-,15?,16?,17+,18+,20+,22+,23+,26+;12?,13-,14?,15+,16+,18+,20+,21+,24+/m00/s1. The molecule has 106 heavy (non-hydrogen) atoms. The van der Waals surface area contributed by atoms with Gasteiger partial charge in [-0.05, 0) is 57.2 Å². The second-order valence-electron chi connectivity index (χ2n) is 25.3. The fraction of sp³-hybridized carbons (Fsp3) is 0.630. The third-order valence-corrected chi connectivity index (χ3v) is 20.8. The van der Waals surface area contributed by atoms with E-state index in [1.54, 1.807) is 6.92 Å². The molecule has 0 amide bonds. The normalized spacial score (nSPS) is 29.4. The number of ether oxygens (including phenoxy) is 6. The highest BCUT2D eigenvalue weighted by atomic mass is 31.2. The molecule has 0 saturated carbocycles. The molecule has 6 fully saturated rings. The Morgan fingerprint density at radius 1 is 0.604 bits per heavy atom. The molecule has 6 unspecified atom stereocenters. The monoisotopic (exact) mass is 1580 g/mol. The van der Waals surface area contributed by atoms with Crippen LogP contribution in [0.3, 0.4) is 0 Å². The number of rotatable bonds is 30. The molecule has 584 valence electrons. The van der Waals surface area contributed by atoms with Crippen LogP contribution in [0.15, 0.2) is 59.4 Å². The fourth-order valence-electron chi connectivity index (χ4n) is 12.5. The van der Waals surface area contributed by atoms with Crippen LogP contribution < -0.4 is 56.0 Å². The molecule has 6 saturated heterocycles. The number of nitrogens with two attached hydrogens (primary N) is 5. The molecule has 48 nitrogen and oxygen atoms in total. The van der Waals surface area contributed by atoms with Gasteiger partial charge in [-0.3, -0.25) is 55.0 Å². The van der Waals surface area contributed by atoms with Crippen LogP contribution in [-0.4, -0.2) is 235 Å². The van der Waals surface area contributed by atoms with Crippen LogP contribution in [0.5, 0.6) is 0 Å². The Labute approximate surface area is 597 Å². The Morgan fingerprint density at radius 3 is 1.50 bits per heavy atom. The van der Waals surface area contributed by atoms with E-state index in [4.69, 9.17) is 75.2 Å². The maximum absolute atomic E-state index is 13.4. The summed E-state index contributed by atoms with van der Waals surface area (Å²) in [5, 5.41) is 32.6. The molecule has 0 spiro atoms. The van der Waals surface area contributed by atoms with Crippen molar-refractivity contribution in [2.45, 2.75) is 162 Å². The summed E-state index contributed by atoms with van der Waals surface area (Å²) in [4.78, 5) is 141. The molecule has 0 aliphatic carbocycles. The summed E-state index contributed by atoms with van der Waals surface area (Å²) in [6, 6.07) is 1.87. The van der Waals surface area contributed by atoms with Gasteiger partial charge in [-0.1, -0.05) is 6.92 Å². The summed E-state index contributed by atoms with van der Waals surface area (Å²) >= 11 is 0. The molecule has 6 aromatic heterocycles. The third-order valence-electron chi connectivity index (χ3n) is 17.8. The van der Waals surface area contributed by atoms with Crippen LogP contribution in [0.1, 0.15) is 83.2 Å². The Kier molecular flexibility index (Phi) is 25.6. The highest BCUT2D eigenvalue weighted by Gasteiger charge is 2.53. The number of phosphoric ester groups is 4. The van der Waals surface area contributed by atoms with Crippen molar-refractivity contribution < 1.29 is 123 Å². The maximum Gasteiger partial charge on any atom is 0.472 e. The average Bonchev–Trinajstić information content (AvgIpc) is 1.56. The predicted octanol–water partition coefficient (Wildman–Crippen LogP) is -3.57. The third kappa shape index (κ3) is 20.1. The minimum Gasteiger partial charge on any atom is -0.456 e. The smallest absolute Gasteiger partial charge is 0.456 e. The molecular weight excluding hydrogens is 1500 g/mol. The first-order valence-corrected chi connectivity index (χ1v) is 38.8. The minimum atomic E-state index is -5.13. The van der Waals surface area contributed by atoms with Crippen LogP contribution >= 0.6 is 31.3 Å². The SMILES string of the molecule is C[C@@H](CCC1CCCN1)C(=O)O[C@H]1[C@@H](O)[C@H](n2cnc3c(N)ncnc32)O[C@@H]1COP(=O)(O)OC1C[C@H](n2ccc(N)nc2=O)O[C@@H]1COP(=O)(O)O.Nc1ccn([C@H]2CC(OP(=O)(O)OC[C@H]3O[C@@H](n4cnc5c(N)ncnc54)[C@H](O)[C@@H]3OC(=O)[C@@H](N)CCC3CNCN3)[C@@H](COP(=O)(O)O)O2)c(=O)n1. The Hall–Kier alpha value is -6.96. The topological polar surface area (TPSA) is 698 Å². The lowest BCUT2D eigenvalue weighted by Crippen LogP contribution is -2.43. The molecule has 52 heteroatoms. The molecule has 20 atom stereocenters. The van der Waals surface area contributed by atoms with Gasteiger partial charge in [-0.15, -0.1) is 0 Å². The molecule has 12 heterocycles. The van der Waals surface area contributed by atoms with Crippen LogP contribution in [0.25, 0.3) is 22.3 Å². The summed E-state index contributed by atoms with van der Waals surface area (Å²) < 4.78 is 119. The van der Waals surface area contributed by atoms with Crippen LogP contribution in [0, 0.1) is 5.92 Å². The largest absolute Gasteiger partial charge is 0.472 e. The summed E-state index contributed by atoms with van der Waals surface area (Å²) in [7, 11) is -20.3. The number of esters is 2. The van der Waals surface area contributed by atoms with Gasteiger partial charge in [0.2, 0.25) is 0 Å². The van der Waals surface area contributed by atoms with Crippen molar-refractivity contribution in [1.82, 2.24) is 74.1 Å².